The molecule has 0 saturated heterocycles. The molecular weight excluding hydrogens is 300 g/mol. The first-order valence-corrected chi connectivity index (χ1v) is 10.8. The molecule has 0 unspecified atom stereocenters. The lowest BCUT2D eigenvalue weighted by Crippen LogP contribution is -1.92. The van der Waals surface area contributed by atoms with Crippen LogP contribution >= 0.6 is 0 Å². The van der Waals surface area contributed by atoms with E-state index in [0.29, 0.717) is 0 Å². The third-order valence-corrected chi connectivity index (χ3v) is 4.50. The maximum Gasteiger partial charge on any atom is -0.0285 e. The molecule has 146 valence electrons. The summed E-state index contributed by atoms with van der Waals surface area (Å²) in [6, 6.07) is 0. The summed E-state index contributed by atoms with van der Waals surface area (Å²) in [4.78, 5) is 0. The van der Waals surface area contributed by atoms with Crippen LogP contribution < -0.4 is 0 Å². The molecule has 0 bridgehead atoms. The van der Waals surface area contributed by atoms with Crippen molar-refractivity contribution in [3.63, 3.8) is 0 Å². The minimum Gasteiger partial charge on any atom is -0.103 e. The zero-order valence-corrected chi connectivity index (χ0v) is 17.9. The molecular formula is C25H46. The molecule has 1 fully saturated rings. The van der Waals surface area contributed by atoms with Crippen LogP contribution in [-0.4, -0.2) is 0 Å². The van der Waals surface area contributed by atoms with Crippen LogP contribution in [0.25, 0.3) is 0 Å². The second-order valence-electron chi connectivity index (χ2n) is 6.70. The molecule has 1 saturated carbocycles. The molecule has 0 atom stereocenters. The van der Waals surface area contributed by atoms with Crippen LogP contribution in [0.5, 0.6) is 0 Å². The minimum absolute atomic E-state index is 1.07. The molecule has 1 rings (SSSR count). The smallest absolute Gasteiger partial charge is 0.0285 e. The number of allylic oxidation sites excluding steroid dienone is 6. The lowest BCUT2D eigenvalue weighted by Gasteiger charge is -2.07. The van der Waals surface area contributed by atoms with E-state index in [-0.39, 0.29) is 0 Å². The summed E-state index contributed by atoms with van der Waals surface area (Å²) in [7, 11) is 0. The number of hydrogen-bond acceptors (Lipinski definition) is 0. The van der Waals surface area contributed by atoms with Crippen LogP contribution in [0.4, 0.5) is 0 Å². The van der Waals surface area contributed by atoms with Gasteiger partial charge in [-0.3, -0.25) is 0 Å². The normalized spacial score (nSPS) is 14.1. The van der Waals surface area contributed by atoms with Crippen LogP contribution in [0, 0.1) is 5.92 Å². The lowest BCUT2D eigenvalue weighted by atomic mass is 9.99. The molecule has 0 nitrogen and oxygen atoms in total. The van der Waals surface area contributed by atoms with Crippen molar-refractivity contribution in [1.82, 2.24) is 0 Å². The molecule has 0 spiro atoms. The standard InChI is InChI=1S/C15H26.C8H14.C2H6/c1-3-9-14(2)10-5-4-6-11-15-12-7-8-13-15;1-3-5-7-8-6-4-2;1-2/h3,9,15H,2,4-8,10-13H2,1H3;3-4,6H,1,5,7-8H2,2H3;1-2H3/b9-3-;6-4-;. The van der Waals surface area contributed by atoms with Gasteiger partial charge >= 0.3 is 0 Å². The monoisotopic (exact) mass is 346 g/mol. The Morgan fingerprint density at radius 2 is 1.60 bits per heavy atom. The highest BCUT2D eigenvalue weighted by Gasteiger charge is 2.13. The Morgan fingerprint density at radius 1 is 0.920 bits per heavy atom. The molecule has 25 heavy (non-hydrogen) atoms. The first-order valence-electron chi connectivity index (χ1n) is 10.8. The van der Waals surface area contributed by atoms with E-state index in [4.69, 9.17) is 0 Å². The highest BCUT2D eigenvalue weighted by molar-refractivity contribution is 5.12. The molecule has 0 aromatic carbocycles. The van der Waals surface area contributed by atoms with Crippen LogP contribution in [0.2, 0.25) is 0 Å². The average Bonchev–Trinajstić information content (AvgIpc) is 3.15. The topological polar surface area (TPSA) is 0 Å². The summed E-state index contributed by atoms with van der Waals surface area (Å²) in [5.74, 6) is 1.07. The van der Waals surface area contributed by atoms with Crippen molar-refractivity contribution in [1.29, 1.82) is 0 Å². The average molecular weight is 347 g/mol. The van der Waals surface area contributed by atoms with E-state index in [1.165, 1.54) is 76.2 Å². The zero-order chi connectivity index (χ0) is 19.2. The van der Waals surface area contributed by atoms with Crippen molar-refractivity contribution < 1.29 is 0 Å². The molecule has 1 aliphatic rings. The molecule has 0 radical (unpaired) electrons. The molecule has 1 aliphatic carbocycles. The second-order valence-corrected chi connectivity index (χ2v) is 6.70. The van der Waals surface area contributed by atoms with Gasteiger partial charge in [-0.2, -0.15) is 0 Å². The minimum atomic E-state index is 1.07. The van der Waals surface area contributed by atoms with E-state index in [0.717, 1.165) is 12.3 Å². The summed E-state index contributed by atoms with van der Waals surface area (Å²) < 4.78 is 0. The quantitative estimate of drug-likeness (QED) is 0.199. The van der Waals surface area contributed by atoms with Gasteiger partial charge in [0.2, 0.25) is 0 Å². The third kappa shape index (κ3) is 20.9. The highest BCUT2D eigenvalue weighted by Crippen LogP contribution is 2.29. The Bertz CT molecular complexity index is 326. The van der Waals surface area contributed by atoms with E-state index < -0.39 is 0 Å². The molecule has 0 aromatic rings. The summed E-state index contributed by atoms with van der Waals surface area (Å²) in [6.45, 7) is 15.8. The maximum absolute atomic E-state index is 4.03. The fraction of sp³-hybridized carbons (Fsp3) is 0.680. The van der Waals surface area contributed by atoms with Gasteiger partial charge in [0.15, 0.2) is 0 Å². The van der Waals surface area contributed by atoms with Crippen LogP contribution in [0.15, 0.2) is 49.1 Å². The Balaban J connectivity index is 0. The second kappa shape index (κ2) is 23.0. The molecule has 0 amide bonds. The Morgan fingerprint density at radius 3 is 2.16 bits per heavy atom. The molecule has 0 aliphatic heterocycles. The predicted octanol–water partition coefficient (Wildman–Crippen LogP) is 9.20. The fourth-order valence-corrected chi connectivity index (χ4v) is 3.13. The largest absolute Gasteiger partial charge is 0.103 e. The van der Waals surface area contributed by atoms with E-state index in [1.54, 1.807) is 0 Å². The van der Waals surface area contributed by atoms with Crippen LogP contribution in [0.3, 0.4) is 0 Å². The van der Waals surface area contributed by atoms with E-state index >= 15 is 0 Å². The summed E-state index contributed by atoms with van der Waals surface area (Å²) >= 11 is 0. The molecule has 0 aromatic heterocycles. The van der Waals surface area contributed by atoms with Crippen molar-refractivity contribution in [2.24, 2.45) is 5.92 Å². The first-order chi connectivity index (χ1) is 12.2. The zero-order valence-electron chi connectivity index (χ0n) is 17.9. The van der Waals surface area contributed by atoms with E-state index in [2.05, 4.69) is 44.4 Å². The third-order valence-electron chi connectivity index (χ3n) is 4.50. The lowest BCUT2D eigenvalue weighted by molar-refractivity contribution is 0.468. The van der Waals surface area contributed by atoms with Gasteiger partial charge in [-0.15, -0.1) is 6.58 Å². The van der Waals surface area contributed by atoms with Crippen molar-refractivity contribution in [3.05, 3.63) is 49.1 Å². The Labute approximate surface area is 160 Å². The van der Waals surface area contributed by atoms with Gasteiger partial charge in [0.25, 0.3) is 0 Å². The summed E-state index contributed by atoms with van der Waals surface area (Å²) in [6.07, 6.45) is 26.9. The van der Waals surface area contributed by atoms with Gasteiger partial charge in [0.05, 0.1) is 0 Å². The SMILES string of the molecule is C=C(/C=C\C)CCCCCC1CCCC1.C=CCCC/C=C\C.CC. The van der Waals surface area contributed by atoms with E-state index in [1.807, 2.05) is 26.8 Å². The predicted molar refractivity (Wildman–Crippen MR) is 119 cm³/mol. The molecule has 0 heteroatoms. The number of rotatable bonds is 11. The summed E-state index contributed by atoms with van der Waals surface area (Å²) in [5.41, 5.74) is 1.29. The van der Waals surface area contributed by atoms with Crippen molar-refractivity contribution >= 4 is 0 Å². The van der Waals surface area contributed by atoms with Crippen LogP contribution in [-0.2, 0) is 0 Å². The van der Waals surface area contributed by atoms with Gasteiger partial charge in [0.1, 0.15) is 0 Å². The summed E-state index contributed by atoms with van der Waals surface area (Å²) in [5, 5.41) is 0. The van der Waals surface area contributed by atoms with Crippen molar-refractivity contribution in [2.75, 3.05) is 0 Å². The van der Waals surface area contributed by atoms with E-state index in [9.17, 15) is 0 Å². The van der Waals surface area contributed by atoms with Gasteiger partial charge in [0, 0.05) is 0 Å². The van der Waals surface area contributed by atoms with Gasteiger partial charge in [-0.05, 0) is 51.9 Å². The number of hydrogen-bond donors (Lipinski definition) is 0. The Hall–Kier alpha value is -1.04. The number of unbranched alkanes of at least 4 members (excludes halogenated alkanes) is 4. The fourth-order valence-electron chi connectivity index (χ4n) is 3.13. The van der Waals surface area contributed by atoms with Crippen molar-refractivity contribution in [2.45, 2.75) is 105 Å². The highest BCUT2D eigenvalue weighted by atomic mass is 14.2. The molecule has 0 heterocycles. The molecule has 0 N–H and O–H groups in total. The van der Waals surface area contributed by atoms with Crippen LogP contribution in [0.1, 0.15) is 105 Å². The van der Waals surface area contributed by atoms with Gasteiger partial charge in [-0.1, -0.05) is 101 Å². The Kier molecular flexibility index (Phi) is 24.1. The first kappa shape index (κ1) is 26.2. The maximum atomic E-state index is 4.03. The van der Waals surface area contributed by atoms with Crippen molar-refractivity contribution in [3.8, 4) is 0 Å². The van der Waals surface area contributed by atoms with Gasteiger partial charge in [-0.25, -0.2) is 0 Å². The van der Waals surface area contributed by atoms with Gasteiger partial charge < -0.3 is 0 Å².